The van der Waals surface area contributed by atoms with Crippen LogP contribution in [0.1, 0.15) is 28.9 Å². The van der Waals surface area contributed by atoms with Gasteiger partial charge in [-0.1, -0.05) is 0 Å². The van der Waals surface area contributed by atoms with Crippen LogP contribution in [0.5, 0.6) is 0 Å². The first-order chi connectivity index (χ1) is 9.89. The number of carboxylic acids is 1. The molecule has 1 aliphatic heterocycles. The van der Waals surface area contributed by atoms with Crippen molar-refractivity contribution in [2.24, 2.45) is 0 Å². The predicted octanol–water partition coefficient (Wildman–Crippen LogP) is 1.16. The van der Waals surface area contributed by atoms with Crippen molar-refractivity contribution in [2.75, 3.05) is 13.7 Å². The highest BCUT2D eigenvalue weighted by Gasteiger charge is 2.39. The number of carbonyl (C=O) groups is 2. The summed E-state index contributed by atoms with van der Waals surface area (Å²) in [7, 11) is -2.87. The molecule has 9 heteroatoms. The smallest absolute Gasteiger partial charge is 0.349 e. The second-order valence-corrected chi connectivity index (χ2v) is 7.35. The average molecular weight is 333 g/mol. The Bertz CT molecular complexity index is 650. The normalized spacial score (nSPS) is 20.1. The van der Waals surface area contributed by atoms with Gasteiger partial charge in [-0.25, -0.2) is 13.2 Å². The maximum atomic E-state index is 12.7. The van der Waals surface area contributed by atoms with E-state index in [-0.39, 0.29) is 22.7 Å². The third-order valence-corrected chi connectivity index (χ3v) is 6.30. The molecule has 0 unspecified atom stereocenters. The molecule has 1 atom stereocenters. The van der Waals surface area contributed by atoms with Crippen LogP contribution in [0.3, 0.4) is 0 Å². The molecule has 1 aromatic heterocycles. The number of rotatable bonds is 4. The molecule has 0 saturated carbocycles. The topological polar surface area (TPSA) is 101 Å². The number of hydrogen-bond donors (Lipinski definition) is 1. The van der Waals surface area contributed by atoms with E-state index in [1.807, 2.05) is 0 Å². The number of sulfonamides is 1. The summed E-state index contributed by atoms with van der Waals surface area (Å²) in [6, 6.07) is 0.217. The molecule has 0 aliphatic carbocycles. The second kappa shape index (κ2) is 6.12. The number of esters is 1. The third-order valence-electron chi connectivity index (χ3n) is 3.33. The molecule has 2 heterocycles. The van der Waals surface area contributed by atoms with Crippen LogP contribution in [0.25, 0.3) is 0 Å². The van der Waals surface area contributed by atoms with E-state index in [9.17, 15) is 23.1 Å². The Morgan fingerprint density at radius 2 is 2.14 bits per heavy atom. The van der Waals surface area contributed by atoms with E-state index >= 15 is 0 Å². The van der Waals surface area contributed by atoms with Gasteiger partial charge in [-0.05, 0) is 30.7 Å². The summed E-state index contributed by atoms with van der Waals surface area (Å²) in [5.74, 6) is -1.92. The molecule has 1 aromatic rings. The van der Waals surface area contributed by atoms with E-state index in [2.05, 4.69) is 4.74 Å². The molecular weight excluding hydrogens is 318 g/mol. The Morgan fingerprint density at radius 1 is 1.43 bits per heavy atom. The van der Waals surface area contributed by atoms with Crippen molar-refractivity contribution in [2.45, 2.75) is 30.2 Å². The minimum absolute atomic E-state index is 0.0350. The van der Waals surface area contributed by atoms with E-state index in [1.165, 1.54) is 18.6 Å². The van der Waals surface area contributed by atoms with E-state index < -0.39 is 28.0 Å². The van der Waals surface area contributed by atoms with Gasteiger partial charge in [0.2, 0.25) is 10.0 Å². The summed E-state index contributed by atoms with van der Waals surface area (Å²) in [5.41, 5.74) is 0. The Balaban J connectivity index is 2.44. The quantitative estimate of drug-likeness (QED) is 0.830. The minimum atomic E-state index is -4.04. The summed E-state index contributed by atoms with van der Waals surface area (Å²) in [6.07, 6.45) is 1.53. The highest BCUT2D eigenvalue weighted by Crippen LogP contribution is 2.30. The van der Waals surface area contributed by atoms with Crippen LogP contribution in [0, 0.1) is 0 Å². The van der Waals surface area contributed by atoms with E-state index in [1.54, 1.807) is 0 Å². The SMILES string of the molecule is COC(=O)c1sccc1S(=O)(=O)N1CCCC[C@H]1C(=O)O. The van der Waals surface area contributed by atoms with Gasteiger partial charge in [0, 0.05) is 6.54 Å². The molecule has 1 N–H and O–H groups in total. The molecule has 0 amide bonds. The number of nitrogens with zero attached hydrogens (tertiary/aromatic N) is 1. The molecule has 1 fully saturated rings. The summed E-state index contributed by atoms with van der Waals surface area (Å²) in [4.78, 5) is 22.7. The van der Waals surface area contributed by atoms with Crippen LogP contribution < -0.4 is 0 Å². The van der Waals surface area contributed by atoms with Gasteiger partial charge in [0.05, 0.1) is 7.11 Å². The fourth-order valence-corrected chi connectivity index (χ4v) is 5.27. The van der Waals surface area contributed by atoms with E-state index in [0.29, 0.717) is 12.8 Å². The maximum absolute atomic E-state index is 12.7. The summed E-state index contributed by atoms with van der Waals surface area (Å²) in [6.45, 7) is 0.135. The van der Waals surface area contributed by atoms with Crippen LogP contribution in [0.2, 0.25) is 0 Å². The number of hydrogen-bond acceptors (Lipinski definition) is 6. The van der Waals surface area contributed by atoms with Gasteiger partial charge in [0.1, 0.15) is 15.8 Å². The number of carboxylic acid groups (broad SMARTS) is 1. The Morgan fingerprint density at radius 3 is 2.76 bits per heavy atom. The second-order valence-electron chi connectivity index (χ2n) is 4.57. The van der Waals surface area contributed by atoms with Crippen molar-refractivity contribution in [3.05, 3.63) is 16.3 Å². The van der Waals surface area contributed by atoms with Crippen LogP contribution in [0.4, 0.5) is 0 Å². The zero-order valence-electron chi connectivity index (χ0n) is 11.3. The van der Waals surface area contributed by atoms with Crippen molar-refractivity contribution in [1.82, 2.24) is 4.31 Å². The molecular formula is C12H15NO6S2. The summed E-state index contributed by atoms with van der Waals surface area (Å²) in [5, 5.41) is 10.7. The predicted molar refractivity (Wildman–Crippen MR) is 74.8 cm³/mol. The lowest BCUT2D eigenvalue weighted by atomic mass is 10.1. The maximum Gasteiger partial charge on any atom is 0.349 e. The molecule has 2 rings (SSSR count). The van der Waals surface area contributed by atoms with Gasteiger partial charge >= 0.3 is 11.9 Å². The van der Waals surface area contributed by atoms with Crippen molar-refractivity contribution in [1.29, 1.82) is 0 Å². The van der Waals surface area contributed by atoms with Gasteiger partial charge in [-0.2, -0.15) is 4.31 Å². The Hall–Kier alpha value is -1.45. The van der Waals surface area contributed by atoms with Gasteiger partial charge in [0.15, 0.2) is 0 Å². The molecule has 0 aromatic carbocycles. The van der Waals surface area contributed by atoms with E-state index in [4.69, 9.17) is 0 Å². The van der Waals surface area contributed by atoms with Gasteiger partial charge in [0.25, 0.3) is 0 Å². The Labute approximate surface area is 126 Å². The lowest BCUT2D eigenvalue weighted by Gasteiger charge is -2.31. The minimum Gasteiger partial charge on any atom is -0.480 e. The monoisotopic (exact) mass is 333 g/mol. The van der Waals surface area contributed by atoms with Crippen molar-refractivity contribution >= 4 is 33.3 Å². The lowest BCUT2D eigenvalue weighted by Crippen LogP contribution is -2.48. The first-order valence-electron chi connectivity index (χ1n) is 6.30. The van der Waals surface area contributed by atoms with Gasteiger partial charge < -0.3 is 9.84 Å². The first kappa shape index (κ1) is 15.9. The number of ether oxygens (including phenoxy) is 1. The van der Waals surface area contributed by atoms with Gasteiger partial charge in [-0.3, -0.25) is 4.79 Å². The van der Waals surface area contributed by atoms with Gasteiger partial charge in [-0.15, -0.1) is 11.3 Å². The average Bonchev–Trinajstić information content (AvgIpc) is 2.96. The van der Waals surface area contributed by atoms with E-state index in [0.717, 1.165) is 15.6 Å². The number of carbonyl (C=O) groups excluding carboxylic acids is 1. The summed E-state index contributed by atoms with van der Waals surface area (Å²) >= 11 is 0.955. The molecule has 21 heavy (non-hydrogen) atoms. The van der Waals surface area contributed by atoms with Crippen molar-refractivity contribution in [3.8, 4) is 0 Å². The number of aliphatic carboxylic acids is 1. The Kier molecular flexibility index (Phi) is 4.64. The largest absolute Gasteiger partial charge is 0.480 e. The summed E-state index contributed by atoms with van der Waals surface area (Å²) < 4.78 is 30.9. The fourth-order valence-electron chi connectivity index (χ4n) is 2.31. The van der Waals surface area contributed by atoms with Crippen LogP contribution in [-0.4, -0.2) is 49.5 Å². The third kappa shape index (κ3) is 2.94. The highest BCUT2D eigenvalue weighted by molar-refractivity contribution is 7.89. The lowest BCUT2D eigenvalue weighted by molar-refractivity contribution is -0.142. The van der Waals surface area contributed by atoms with Crippen LogP contribution in [-0.2, 0) is 19.6 Å². The highest BCUT2D eigenvalue weighted by atomic mass is 32.2. The molecule has 0 spiro atoms. The molecule has 0 radical (unpaired) electrons. The first-order valence-corrected chi connectivity index (χ1v) is 8.62. The molecule has 1 saturated heterocycles. The molecule has 0 bridgehead atoms. The molecule has 7 nitrogen and oxygen atoms in total. The number of thiophene rings is 1. The van der Waals surface area contributed by atoms with Crippen molar-refractivity contribution < 1.29 is 27.9 Å². The fraction of sp³-hybridized carbons (Fsp3) is 0.500. The standard InChI is InChI=1S/C12H15NO6S2/c1-19-12(16)10-9(5-7-20-10)21(17,18)13-6-3-2-4-8(13)11(14)15/h5,7-8H,2-4,6H2,1H3,(H,14,15)/t8-/m0/s1. The van der Waals surface area contributed by atoms with Crippen LogP contribution >= 0.6 is 11.3 Å². The van der Waals surface area contributed by atoms with Crippen LogP contribution in [0.15, 0.2) is 16.3 Å². The molecule has 116 valence electrons. The zero-order valence-corrected chi connectivity index (χ0v) is 12.9. The number of methoxy groups -OCH3 is 1. The molecule has 1 aliphatic rings. The van der Waals surface area contributed by atoms with Crippen molar-refractivity contribution in [3.63, 3.8) is 0 Å². The number of piperidine rings is 1. The zero-order chi connectivity index (χ0) is 15.6.